The molecule has 25 heavy (non-hydrogen) atoms. The summed E-state index contributed by atoms with van der Waals surface area (Å²) in [5, 5.41) is 6.65. The highest BCUT2D eigenvalue weighted by Crippen LogP contribution is 2.15. The second-order valence-electron chi connectivity index (χ2n) is 7.06. The zero-order valence-corrected chi connectivity index (χ0v) is 15.7. The normalized spacial score (nSPS) is 19.0. The van der Waals surface area contributed by atoms with Crippen LogP contribution in [0.1, 0.15) is 38.2 Å². The van der Waals surface area contributed by atoms with Gasteiger partial charge >= 0.3 is 0 Å². The molecule has 0 bridgehead atoms. The van der Waals surface area contributed by atoms with Gasteiger partial charge in [-0.2, -0.15) is 0 Å². The summed E-state index contributed by atoms with van der Waals surface area (Å²) >= 11 is 0. The van der Waals surface area contributed by atoms with Crippen molar-refractivity contribution < 1.29 is 4.39 Å². The average molecular weight is 349 g/mol. The Morgan fingerprint density at radius 2 is 2.12 bits per heavy atom. The van der Waals surface area contributed by atoms with Gasteiger partial charge in [0, 0.05) is 26.7 Å². The van der Waals surface area contributed by atoms with E-state index in [1.165, 1.54) is 45.0 Å². The van der Waals surface area contributed by atoms with Gasteiger partial charge in [-0.05, 0) is 68.8 Å². The molecule has 140 valence electrons. The molecule has 5 heteroatoms. The quantitative estimate of drug-likeness (QED) is 0.431. The van der Waals surface area contributed by atoms with E-state index < -0.39 is 0 Å². The molecular weight excluding hydrogens is 315 g/mol. The molecule has 2 N–H and O–H groups in total. The highest BCUT2D eigenvalue weighted by molar-refractivity contribution is 5.79. The molecular formula is C20H33FN4. The van der Waals surface area contributed by atoms with Crippen LogP contribution in [0.25, 0.3) is 0 Å². The maximum Gasteiger partial charge on any atom is 0.190 e. The Balaban J connectivity index is 1.54. The molecule has 1 aromatic rings. The number of benzene rings is 1. The van der Waals surface area contributed by atoms with E-state index in [-0.39, 0.29) is 5.82 Å². The number of piperidine rings is 1. The van der Waals surface area contributed by atoms with Crippen molar-refractivity contribution in [3.8, 4) is 0 Å². The minimum Gasteiger partial charge on any atom is -0.356 e. The Morgan fingerprint density at radius 1 is 1.28 bits per heavy atom. The van der Waals surface area contributed by atoms with E-state index in [0.717, 1.165) is 43.4 Å². The third-order valence-electron chi connectivity index (χ3n) is 4.75. The SMILES string of the molecule is CN=C(NCCCCN1CCCC(C)C1)NCCc1cccc(F)c1. The van der Waals surface area contributed by atoms with Gasteiger partial charge in [0.2, 0.25) is 0 Å². The minimum atomic E-state index is -0.178. The Kier molecular flexibility index (Phi) is 8.73. The largest absolute Gasteiger partial charge is 0.356 e. The van der Waals surface area contributed by atoms with E-state index in [1.54, 1.807) is 19.2 Å². The second kappa shape index (κ2) is 11.1. The summed E-state index contributed by atoms with van der Waals surface area (Å²) < 4.78 is 13.2. The molecule has 0 aliphatic carbocycles. The van der Waals surface area contributed by atoms with Gasteiger partial charge in [-0.15, -0.1) is 0 Å². The predicted molar refractivity (Wildman–Crippen MR) is 104 cm³/mol. The Bertz CT molecular complexity index is 532. The number of aliphatic imine (C=N–C) groups is 1. The maximum absolute atomic E-state index is 13.2. The summed E-state index contributed by atoms with van der Waals surface area (Å²) in [6.45, 7) is 7.76. The van der Waals surface area contributed by atoms with E-state index in [4.69, 9.17) is 0 Å². The lowest BCUT2D eigenvalue weighted by Gasteiger charge is -2.30. The lowest BCUT2D eigenvalue weighted by atomic mass is 10.0. The number of hydrogen-bond donors (Lipinski definition) is 2. The van der Waals surface area contributed by atoms with Crippen molar-refractivity contribution in [1.29, 1.82) is 0 Å². The van der Waals surface area contributed by atoms with Crippen molar-refractivity contribution in [2.75, 3.05) is 39.8 Å². The molecule has 1 saturated heterocycles. The summed E-state index contributed by atoms with van der Waals surface area (Å²) in [7, 11) is 1.78. The molecule has 1 unspecified atom stereocenters. The predicted octanol–water partition coefficient (Wildman–Crippen LogP) is 3.05. The van der Waals surface area contributed by atoms with Gasteiger partial charge < -0.3 is 15.5 Å². The van der Waals surface area contributed by atoms with Gasteiger partial charge in [-0.3, -0.25) is 4.99 Å². The molecule has 0 radical (unpaired) electrons. The molecule has 0 amide bonds. The summed E-state index contributed by atoms with van der Waals surface area (Å²) in [6, 6.07) is 6.75. The standard InChI is InChI=1S/C20H33FN4/c1-17-7-6-14-25(16-17)13-4-3-11-23-20(22-2)24-12-10-18-8-5-9-19(21)15-18/h5,8-9,15,17H,3-4,6-7,10-14,16H2,1-2H3,(H2,22,23,24). The molecule has 0 aromatic heterocycles. The summed E-state index contributed by atoms with van der Waals surface area (Å²) in [5.41, 5.74) is 0.999. The van der Waals surface area contributed by atoms with Crippen LogP contribution in [0, 0.1) is 11.7 Å². The molecule has 4 nitrogen and oxygen atoms in total. The van der Waals surface area contributed by atoms with E-state index in [9.17, 15) is 4.39 Å². The maximum atomic E-state index is 13.2. The van der Waals surface area contributed by atoms with E-state index in [2.05, 4.69) is 27.4 Å². The zero-order chi connectivity index (χ0) is 17.9. The first-order chi connectivity index (χ1) is 12.2. The van der Waals surface area contributed by atoms with Crippen LogP contribution in [0.3, 0.4) is 0 Å². The number of likely N-dealkylation sites (tertiary alicyclic amines) is 1. The van der Waals surface area contributed by atoms with Crippen LogP contribution in [0.15, 0.2) is 29.3 Å². The van der Waals surface area contributed by atoms with Gasteiger partial charge in [0.25, 0.3) is 0 Å². The molecule has 0 saturated carbocycles. The van der Waals surface area contributed by atoms with Gasteiger partial charge in [-0.25, -0.2) is 4.39 Å². The van der Waals surface area contributed by atoms with E-state index in [1.807, 2.05) is 6.07 Å². The van der Waals surface area contributed by atoms with Crippen molar-refractivity contribution in [2.24, 2.45) is 10.9 Å². The lowest BCUT2D eigenvalue weighted by molar-refractivity contribution is 0.181. The van der Waals surface area contributed by atoms with Crippen molar-refractivity contribution in [3.63, 3.8) is 0 Å². The van der Waals surface area contributed by atoms with Crippen LogP contribution in [-0.4, -0.2) is 50.6 Å². The Hall–Kier alpha value is -1.62. The number of nitrogens with one attached hydrogen (secondary N) is 2. The average Bonchev–Trinajstić information content (AvgIpc) is 2.60. The fraction of sp³-hybridized carbons (Fsp3) is 0.650. The summed E-state index contributed by atoms with van der Waals surface area (Å²) in [6.07, 6.45) is 5.89. The topological polar surface area (TPSA) is 39.7 Å². The van der Waals surface area contributed by atoms with Crippen LogP contribution in [0.5, 0.6) is 0 Å². The summed E-state index contributed by atoms with van der Waals surface area (Å²) in [5.74, 6) is 1.50. The number of halogens is 1. The molecule has 1 fully saturated rings. The van der Waals surface area contributed by atoms with Crippen LogP contribution in [0.4, 0.5) is 4.39 Å². The first-order valence-corrected chi connectivity index (χ1v) is 9.58. The number of unbranched alkanes of at least 4 members (excludes halogenated alkanes) is 1. The van der Waals surface area contributed by atoms with Crippen LogP contribution >= 0.6 is 0 Å². The van der Waals surface area contributed by atoms with Crippen LogP contribution in [-0.2, 0) is 6.42 Å². The van der Waals surface area contributed by atoms with Crippen molar-refractivity contribution >= 4 is 5.96 Å². The lowest BCUT2D eigenvalue weighted by Crippen LogP contribution is -2.39. The monoisotopic (exact) mass is 348 g/mol. The van der Waals surface area contributed by atoms with Gasteiger partial charge in [0.05, 0.1) is 0 Å². The fourth-order valence-electron chi connectivity index (χ4n) is 3.40. The molecule has 1 aliphatic rings. The second-order valence-corrected chi connectivity index (χ2v) is 7.06. The van der Waals surface area contributed by atoms with Crippen molar-refractivity contribution in [3.05, 3.63) is 35.6 Å². The number of guanidine groups is 1. The van der Waals surface area contributed by atoms with Gasteiger partial charge in [-0.1, -0.05) is 19.1 Å². The minimum absolute atomic E-state index is 0.178. The number of hydrogen-bond acceptors (Lipinski definition) is 2. The third-order valence-corrected chi connectivity index (χ3v) is 4.75. The fourth-order valence-corrected chi connectivity index (χ4v) is 3.40. The van der Waals surface area contributed by atoms with Crippen LogP contribution in [0.2, 0.25) is 0 Å². The van der Waals surface area contributed by atoms with E-state index in [0.29, 0.717) is 0 Å². The Labute approximate surface area is 151 Å². The number of rotatable bonds is 8. The third kappa shape index (κ3) is 7.86. The number of nitrogens with zero attached hydrogens (tertiary/aromatic N) is 2. The van der Waals surface area contributed by atoms with Crippen molar-refractivity contribution in [1.82, 2.24) is 15.5 Å². The first-order valence-electron chi connectivity index (χ1n) is 9.58. The molecule has 1 aromatic carbocycles. The Morgan fingerprint density at radius 3 is 2.88 bits per heavy atom. The molecule has 2 rings (SSSR count). The molecule has 1 aliphatic heterocycles. The van der Waals surface area contributed by atoms with Gasteiger partial charge in [0.1, 0.15) is 5.82 Å². The molecule has 1 atom stereocenters. The zero-order valence-electron chi connectivity index (χ0n) is 15.7. The van der Waals surface area contributed by atoms with E-state index >= 15 is 0 Å². The molecule has 0 spiro atoms. The highest BCUT2D eigenvalue weighted by atomic mass is 19.1. The summed E-state index contributed by atoms with van der Waals surface area (Å²) in [4.78, 5) is 6.84. The smallest absolute Gasteiger partial charge is 0.190 e. The highest BCUT2D eigenvalue weighted by Gasteiger charge is 2.15. The van der Waals surface area contributed by atoms with Crippen molar-refractivity contribution in [2.45, 2.75) is 39.0 Å². The molecule has 1 heterocycles. The van der Waals surface area contributed by atoms with Gasteiger partial charge in [0.15, 0.2) is 5.96 Å². The van der Waals surface area contributed by atoms with Crippen LogP contribution < -0.4 is 10.6 Å². The first kappa shape index (κ1) is 19.7.